The van der Waals surface area contributed by atoms with Gasteiger partial charge in [-0.3, -0.25) is 0 Å². The largest absolute Gasteiger partial charge is 0.347 e. The number of aryl methyl sites for hydroxylation is 1. The smallest absolute Gasteiger partial charge is 0.0280 e. The zero-order valence-electron chi connectivity index (χ0n) is 15.1. The standard InChI is InChI=1S/C23H25N/c1-16-10-12-19(13-11-16)21-17(2)24-15-23(3,4)14-20(24)22(21)18-8-6-5-7-9-18/h5-13H,14-15H2,1-4H3. The van der Waals surface area contributed by atoms with Gasteiger partial charge in [0, 0.05) is 29.1 Å². The Labute approximate surface area is 145 Å². The molecule has 1 aliphatic heterocycles. The highest BCUT2D eigenvalue weighted by atomic mass is 15.0. The van der Waals surface area contributed by atoms with Crippen molar-refractivity contribution in [2.45, 2.75) is 40.7 Å². The molecule has 1 nitrogen and oxygen atoms in total. The second-order valence-electron chi connectivity index (χ2n) is 7.94. The first kappa shape index (κ1) is 15.3. The molecule has 0 N–H and O–H groups in total. The lowest BCUT2D eigenvalue weighted by Crippen LogP contribution is -2.13. The van der Waals surface area contributed by atoms with Crippen molar-refractivity contribution >= 4 is 0 Å². The summed E-state index contributed by atoms with van der Waals surface area (Å²) in [5, 5.41) is 0. The number of hydrogen-bond donors (Lipinski definition) is 0. The molecule has 3 aromatic rings. The van der Waals surface area contributed by atoms with Crippen molar-refractivity contribution in [3.63, 3.8) is 0 Å². The molecule has 0 amide bonds. The summed E-state index contributed by atoms with van der Waals surface area (Å²) >= 11 is 0. The molecule has 0 bridgehead atoms. The van der Waals surface area contributed by atoms with E-state index < -0.39 is 0 Å². The number of rotatable bonds is 2. The van der Waals surface area contributed by atoms with E-state index in [-0.39, 0.29) is 0 Å². The number of fused-ring (bicyclic) bond motifs is 1. The van der Waals surface area contributed by atoms with Gasteiger partial charge in [-0.2, -0.15) is 0 Å². The van der Waals surface area contributed by atoms with E-state index in [2.05, 4.69) is 86.9 Å². The van der Waals surface area contributed by atoms with Crippen LogP contribution in [0.25, 0.3) is 22.3 Å². The van der Waals surface area contributed by atoms with Crippen molar-refractivity contribution in [1.29, 1.82) is 0 Å². The first-order valence-corrected chi connectivity index (χ1v) is 8.81. The molecule has 1 aromatic heterocycles. The summed E-state index contributed by atoms with van der Waals surface area (Å²) in [6.07, 6.45) is 1.14. The van der Waals surface area contributed by atoms with E-state index in [9.17, 15) is 0 Å². The molecule has 0 unspecified atom stereocenters. The van der Waals surface area contributed by atoms with Crippen molar-refractivity contribution in [2.75, 3.05) is 0 Å². The van der Waals surface area contributed by atoms with Crippen LogP contribution < -0.4 is 0 Å². The zero-order valence-corrected chi connectivity index (χ0v) is 15.1. The zero-order chi connectivity index (χ0) is 16.9. The lowest BCUT2D eigenvalue weighted by atomic mass is 9.86. The van der Waals surface area contributed by atoms with Gasteiger partial charge in [0.1, 0.15) is 0 Å². The molecule has 0 atom stereocenters. The van der Waals surface area contributed by atoms with Crippen molar-refractivity contribution in [3.05, 3.63) is 71.5 Å². The Morgan fingerprint density at radius 3 is 2.08 bits per heavy atom. The van der Waals surface area contributed by atoms with Crippen molar-refractivity contribution in [2.24, 2.45) is 5.41 Å². The van der Waals surface area contributed by atoms with E-state index >= 15 is 0 Å². The van der Waals surface area contributed by atoms with Gasteiger partial charge < -0.3 is 4.57 Å². The van der Waals surface area contributed by atoms with Crippen LogP contribution in [0.15, 0.2) is 54.6 Å². The Morgan fingerprint density at radius 2 is 1.42 bits per heavy atom. The first-order valence-electron chi connectivity index (χ1n) is 8.81. The summed E-state index contributed by atoms with van der Waals surface area (Å²) in [6, 6.07) is 19.9. The van der Waals surface area contributed by atoms with Crippen LogP contribution in [0.2, 0.25) is 0 Å². The molecule has 122 valence electrons. The highest BCUT2D eigenvalue weighted by molar-refractivity contribution is 5.88. The minimum absolute atomic E-state index is 0.343. The molecule has 0 saturated carbocycles. The molecule has 4 rings (SSSR count). The molecule has 2 heterocycles. The Morgan fingerprint density at radius 1 is 0.792 bits per heavy atom. The predicted octanol–water partition coefficient (Wildman–Crippen LogP) is 6.02. The first-order chi connectivity index (χ1) is 11.5. The van der Waals surface area contributed by atoms with Crippen molar-refractivity contribution in [1.82, 2.24) is 4.57 Å². The molecule has 2 aromatic carbocycles. The van der Waals surface area contributed by atoms with E-state index in [0.717, 1.165) is 13.0 Å². The van der Waals surface area contributed by atoms with E-state index in [1.54, 1.807) is 0 Å². The third-order valence-corrected chi connectivity index (χ3v) is 5.27. The lowest BCUT2D eigenvalue weighted by Gasteiger charge is -2.18. The van der Waals surface area contributed by atoms with Crippen molar-refractivity contribution in [3.8, 4) is 22.3 Å². The van der Waals surface area contributed by atoms with E-state index in [1.165, 1.54) is 39.2 Å². The Kier molecular flexibility index (Phi) is 3.42. The highest BCUT2D eigenvalue weighted by Gasteiger charge is 2.34. The quantitative estimate of drug-likeness (QED) is 0.545. The summed E-state index contributed by atoms with van der Waals surface area (Å²) in [4.78, 5) is 0. The molecule has 0 aliphatic carbocycles. The average Bonchev–Trinajstić information content (AvgIpc) is 3.01. The fraction of sp³-hybridized carbons (Fsp3) is 0.304. The summed E-state index contributed by atoms with van der Waals surface area (Å²) in [7, 11) is 0. The summed E-state index contributed by atoms with van der Waals surface area (Å²) in [5.74, 6) is 0. The molecule has 0 spiro atoms. The average molecular weight is 315 g/mol. The van der Waals surface area contributed by atoms with Gasteiger partial charge in [0.2, 0.25) is 0 Å². The monoisotopic (exact) mass is 315 g/mol. The summed E-state index contributed by atoms with van der Waals surface area (Å²) < 4.78 is 2.55. The molecular formula is C23H25N. The maximum absolute atomic E-state index is 2.55. The summed E-state index contributed by atoms with van der Waals surface area (Å²) in [6.45, 7) is 10.3. The second kappa shape index (κ2) is 5.37. The molecule has 24 heavy (non-hydrogen) atoms. The fourth-order valence-corrected chi connectivity index (χ4v) is 4.12. The van der Waals surface area contributed by atoms with Gasteiger partial charge in [-0.15, -0.1) is 0 Å². The lowest BCUT2D eigenvalue weighted by molar-refractivity contribution is 0.357. The number of aromatic nitrogens is 1. The molecular weight excluding hydrogens is 290 g/mol. The fourth-order valence-electron chi connectivity index (χ4n) is 4.12. The number of hydrogen-bond acceptors (Lipinski definition) is 0. The number of benzene rings is 2. The maximum atomic E-state index is 2.55. The van der Waals surface area contributed by atoms with E-state index in [1.807, 2.05) is 0 Å². The number of nitrogens with zero attached hydrogens (tertiary/aromatic N) is 1. The SMILES string of the molecule is Cc1ccc(-c2c(-c3ccccc3)c3n(c2C)CC(C)(C)C3)cc1. The van der Waals surface area contributed by atoms with Gasteiger partial charge in [0.15, 0.2) is 0 Å². The van der Waals surface area contributed by atoms with Crippen LogP contribution in [0.4, 0.5) is 0 Å². The molecule has 0 radical (unpaired) electrons. The predicted molar refractivity (Wildman–Crippen MR) is 102 cm³/mol. The van der Waals surface area contributed by atoms with Gasteiger partial charge in [0.05, 0.1) is 0 Å². The minimum Gasteiger partial charge on any atom is -0.347 e. The van der Waals surface area contributed by atoms with Crippen LogP contribution in [0.3, 0.4) is 0 Å². The second-order valence-corrected chi connectivity index (χ2v) is 7.94. The maximum Gasteiger partial charge on any atom is 0.0280 e. The van der Waals surface area contributed by atoms with Crippen LogP contribution in [-0.4, -0.2) is 4.57 Å². The molecule has 0 fully saturated rings. The van der Waals surface area contributed by atoms with E-state index in [4.69, 9.17) is 0 Å². The Balaban J connectivity index is 1.99. The molecule has 0 saturated heterocycles. The van der Waals surface area contributed by atoms with Gasteiger partial charge in [-0.05, 0) is 36.8 Å². The van der Waals surface area contributed by atoms with Crippen LogP contribution in [0.5, 0.6) is 0 Å². The summed E-state index contributed by atoms with van der Waals surface area (Å²) in [5.41, 5.74) is 10.1. The van der Waals surface area contributed by atoms with Gasteiger partial charge in [0.25, 0.3) is 0 Å². The Bertz CT molecular complexity index is 880. The molecule has 1 aliphatic rings. The van der Waals surface area contributed by atoms with Gasteiger partial charge in [-0.25, -0.2) is 0 Å². The van der Waals surface area contributed by atoms with Gasteiger partial charge >= 0.3 is 0 Å². The van der Waals surface area contributed by atoms with Crippen LogP contribution >= 0.6 is 0 Å². The van der Waals surface area contributed by atoms with E-state index in [0.29, 0.717) is 5.41 Å². The van der Waals surface area contributed by atoms with Crippen LogP contribution in [0, 0.1) is 19.3 Å². The Hall–Kier alpha value is -2.28. The normalized spacial score (nSPS) is 15.5. The van der Waals surface area contributed by atoms with Crippen molar-refractivity contribution < 1.29 is 0 Å². The third kappa shape index (κ3) is 2.39. The topological polar surface area (TPSA) is 4.93 Å². The minimum atomic E-state index is 0.343. The third-order valence-electron chi connectivity index (χ3n) is 5.27. The highest BCUT2D eigenvalue weighted by Crippen LogP contribution is 2.46. The van der Waals surface area contributed by atoms with Crippen LogP contribution in [0.1, 0.15) is 30.8 Å². The van der Waals surface area contributed by atoms with Gasteiger partial charge in [-0.1, -0.05) is 74.0 Å². The molecule has 1 heteroatoms. The van der Waals surface area contributed by atoms with Crippen LogP contribution in [-0.2, 0) is 13.0 Å².